The Labute approximate surface area is 98.5 Å². The monoisotopic (exact) mass is 216 g/mol. The minimum atomic E-state index is -0.481. The van der Waals surface area contributed by atoms with Crippen molar-refractivity contribution in [1.29, 1.82) is 5.26 Å². The van der Waals surface area contributed by atoms with E-state index in [1.807, 2.05) is 20.9 Å². The molecule has 86 valence electrons. The summed E-state index contributed by atoms with van der Waals surface area (Å²) in [6.07, 6.45) is 0. The summed E-state index contributed by atoms with van der Waals surface area (Å²) in [5.41, 5.74) is 4.40. The normalized spacial score (nSPS) is 11.1. The lowest BCUT2D eigenvalue weighted by Gasteiger charge is -2.34. The molecule has 0 amide bonds. The van der Waals surface area contributed by atoms with E-state index in [0.717, 1.165) is 5.69 Å². The summed E-state index contributed by atoms with van der Waals surface area (Å²) in [5, 5.41) is 9.17. The molecule has 0 radical (unpaired) electrons. The average Bonchev–Trinajstić information content (AvgIpc) is 2.15. The highest BCUT2D eigenvalue weighted by Gasteiger charge is 2.25. The van der Waals surface area contributed by atoms with E-state index >= 15 is 0 Å². The predicted molar refractivity (Wildman–Crippen MR) is 68.7 cm³/mol. The SMILES string of the molecule is Cc1cc(C)c(N(C)C(C)(C)C#N)c(C)c1. The molecule has 0 saturated carbocycles. The van der Waals surface area contributed by atoms with Crippen LogP contribution < -0.4 is 4.90 Å². The molecule has 0 aromatic heterocycles. The summed E-state index contributed by atoms with van der Waals surface area (Å²) in [4.78, 5) is 2.05. The summed E-state index contributed by atoms with van der Waals surface area (Å²) in [7, 11) is 1.98. The third-order valence-corrected chi connectivity index (χ3v) is 3.08. The molecule has 0 N–H and O–H groups in total. The Morgan fingerprint density at radius 3 is 1.94 bits per heavy atom. The maximum Gasteiger partial charge on any atom is 0.121 e. The highest BCUT2D eigenvalue weighted by molar-refractivity contribution is 5.62. The molecule has 0 bridgehead atoms. The van der Waals surface area contributed by atoms with Gasteiger partial charge >= 0.3 is 0 Å². The Kier molecular flexibility index (Phi) is 3.28. The van der Waals surface area contributed by atoms with Gasteiger partial charge in [-0.05, 0) is 45.7 Å². The first kappa shape index (κ1) is 12.6. The largest absolute Gasteiger partial charge is 0.356 e. The number of benzene rings is 1. The van der Waals surface area contributed by atoms with E-state index < -0.39 is 5.54 Å². The van der Waals surface area contributed by atoms with Crippen LogP contribution in [0.25, 0.3) is 0 Å². The lowest BCUT2D eigenvalue weighted by atomic mass is 9.99. The Bertz CT molecular complexity index is 416. The topological polar surface area (TPSA) is 27.0 Å². The van der Waals surface area contributed by atoms with Crippen LogP contribution in [0.3, 0.4) is 0 Å². The van der Waals surface area contributed by atoms with Gasteiger partial charge in [0.05, 0.1) is 6.07 Å². The second kappa shape index (κ2) is 4.17. The highest BCUT2D eigenvalue weighted by atomic mass is 15.2. The standard InChI is InChI=1S/C14H20N2/c1-10-7-11(2)13(12(3)8-10)16(6)14(4,5)9-15/h7-8H,1-6H3. The Morgan fingerprint density at radius 2 is 1.56 bits per heavy atom. The van der Waals surface area contributed by atoms with Crippen molar-refractivity contribution in [3.05, 3.63) is 28.8 Å². The van der Waals surface area contributed by atoms with Crippen molar-refractivity contribution in [3.8, 4) is 6.07 Å². The molecule has 0 aliphatic carbocycles. The van der Waals surface area contributed by atoms with Crippen molar-refractivity contribution in [2.75, 3.05) is 11.9 Å². The van der Waals surface area contributed by atoms with Crippen molar-refractivity contribution in [3.63, 3.8) is 0 Å². The smallest absolute Gasteiger partial charge is 0.121 e. The summed E-state index contributed by atoms with van der Waals surface area (Å²) < 4.78 is 0. The van der Waals surface area contributed by atoms with Crippen LogP contribution in [0.2, 0.25) is 0 Å². The van der Waals surface area contributed by atoms with Gasteiger partial charge in [0.15, 0.2) is 0 Å². The van der Waals surface area contributed by atoms with E-state index in [1.165, 1.54) is 16.7 Å². The molecule has 0 atom stereocenters. The molecule has 0 aliphatic rings. The molecular formula is C14H20N2. The fourth-order valence-corrected chi connectivity index (χ4v) is 2.06. The van der Waals surface area contributed by atoms with Gasteiger partial charge in [0.2, 0.25) is 0 Å². The Hall–Kier alpha value is -1.49. The molecular weight excluding hydrogens is 196 g/mol. The van der Waals surface area contributed by atoms with Crippen LogP contribution in [0.5, 0.6) is 0 Å². The van der Waals surface area contributed by atoms with Crippen molar-refractivity contribution in [1.82, 2.24) is 0 Å². The molecule has 0 unspecified atom stereocenters. The van der Waals surface area contributed by atoms with Crippen molar-refractivity contribution < 1.29 is 0 Å². The maximum atomic E-state index is 9.17. The van der Waals surface area contributed by atoms with Gasteiger partial charge in [-0.25, -0.2) is 0 Å². The van der Waals surface area contributed by atoms with Crippen LogP contribution in [-0.4, -0.2) is 12.6 Å². The number of aryl methyl sites for hydroxylation is 3. The van der Waals surface area contributed by atoms with Crippen LogP contribution >= 0.6 is 0 Å². The number of hydrogen-bond acceptors (Lipinski definition) is 2. The third kappa shape index (κ3) is 2.19. The van der Waals surface area contributed by atoms with Crippen molar-refractivity contribution >= 4 is 5.69 Å². The zero-order valence-electron chi connectivity index (χ0n) is 11.0. The van der Waals surface area contributed by atoms with E-state index in [4.69, 9.17) is 0 Å². The Balaban J connectivity index is 3.30. The number of hydrogen-bond donors (Lipinski definition) is 0. The quantitative estimate of drug-likeness (QED) is 0.758. The summed E-state index contributed by atoms with van der Waals surface area (Å²) in [6.45, 7) is 10.2. The Morgan fingerprint density at radius 1 is 1.12 bits per heavy atom. The molecule has 2 heteroatoms. The number of rotatable bonds is 2. The third-order valence-electron chi connectivity index (χ3n) is 3.08. The number of nitriles is 1. The van der Waals surface area contributed by atoms with Crippen molar-refractivity contribution in [2.24, 2.45) is 0 Å². The van der Waals surface area contributed by atoms with Crippen LogP contribution in [-0.2, 0) is 0 Å². The van der Waals surface area contributed by atoms with Gasteiger partial charge < -0.3 is 4.90 Å². The van der Waals surface area contributed by atoms with E-state index in [0.29, 0.717) is 0 Å². The number of nitrogens with zero attached hydrogens (tertiary/aromatic N) is 2. The molecule has 0 spiro atoms. The molecule has 0 aliphatic heterocycles. The van der Waals surface area contributed by atoms with Gasteiger partial charge in [-0.2, -0.15) is 5.26 Å². The van der Waals surface area contributed by atoms with Gasteiger partial charge in [0.25, 0.3) is 0 Å². The highest BCUT2D eigenvalue weighted by Crippen LogP contribution is 2.29. The second-order valence-electron chi connectivity index (χ2n) is 4.98. The molecule has 1 aromatic rings. The van der Waals surface area contributed by atoms with Crippen LogP contribution in [0.15, 0.2) is 12.1 Å². The summed E-state index contributed by atoms with van der Waals surface area (Å²) >= 11 is 0. The minimum absolute atomic E-state index is 0.481. The van der Waals surface area contributed by atoms with Gasteiger partial charge in [0.1, 0.15) is 5.54 Å². The van der Waals surface area contributed by atoms with Crippen molar-refractivity contribution in [2.45, 2.75) is 40.2 Å². The fraction of sp³-hybridized carbons (Fsp3) is 0.500. The van der Waals surface area contributed by atoms with Gasteiger partial charge in [-0.1, -0.05) is 17.7 Å². The lowest BCUT2D eigenvalue weighted by Crippen LogP contribution is -2.40. The van der Waals surface area contributed by atoms with E-state index in [2.05, 4.69) is 43.9 Å². The minimum Gasteiger partial charge on any atom is -0.356 e. The van der Waals surface area contributed by atoms with Crippen LogP contribution in [0.1, 0.15) is 30.5 Å². The first-order valence-corrected chi connectivity index (χ1v) is 5.52. The first-order chi connectivity index (χ1) is 7.29. The average molecular weight is 216 g/mol. The summed E-state index contributed by atoms with van der Waals surface area (Å²) in [6, 6.07) is 6.65. The summed E-state index contributed by atoms with van der Waals surface area (Å²) in [5.74, 6) is 0. The van der Waals surface area contributed by atoms with Gasteiger partial charge in [0, 0.05) is 12.7 Å². The zero-order valence-corrected chi connectivity index (χ0v) is 11.0. The molecule has 1 rings (SSSR count). The molecule has 0 fully saturated rings. The second-order valence-corrected chi connectivity index (χ2v) is 4.98. The molecule has 1 aromatic carbocycles. The van der Waals surface area contributed by atoms with Crippen LogP contribution in [0, 0.1) is 32.1 Å². The lowest BCUT2D eigenvalue weighted by molar-refractivity contribution is 0.614. The molecule has 16 heavy (non-hydrogen) atoms. The predicted octanol–water partition coefficient (Wildman–Crippen LogP) is 3.35. The first-order valence-electron chi connectivity index (χ1n) is 5.52. The molecule has 2 nitrogen and oxygen atoms in total. The van der Waals surface area contributed by atoms with Gasteiger partial charge in [-0.3, -0.25) is 0 Å². The molecule has 0 heterocycles. The fourth-order valence-electron chi connectivity index (χ4n) is 2.06. The van der Waals surface area contributed by atoms with Gasteiger partial charge in [-0.15, -0.1) is 0 Å². The number of anilines is 1. The van der Waals surface area contributed by atoms with E-state index in [9.17, 15) is 5.26 Å². The maximum absolute atomic E-state index is 9.17. The van der Waals surface area contributed by atoms with E-state index in [1.54, 1.807) is 0 Å². The van der Waals surface area contributed by atoms with E-state index in [-0.39, 0.29) is 0 Å². The zero-order chi connectivity index (χ0) is 12.5. The van der Waals surface area contributed by atoms with Crippen LogP contribution in [0.4, 0.5) is 5.69 Å². The molecule has 0 saturated heterocycles.